The molecule has 0 fully saturated rings. The molecule has 6 nitrogen and oxygen atoms in total. The first-order valence-corrected chi connectivity index (χ1v) is 10.8. The fourth-order valence-electron chi connectivity index (χ4n) is 3.50. The normalized spacial score (nSPS) is 19.8. The number of hydrogen-bond donors (Lipinski definition) is 3. The average Bonchev–Trinajstić information content (AvgIpc) is 2.66. The Morgan fingerprint density at radius 2 is 1.79 bits per heavy atom. The van der Waals surface area contributed by atoms with Crippen LogP contribution in [0.15, 0.2) is 70.8 Å². The van der Waals surface area contributed by atoms with E-state index in [1.165, 1.54) is 6.08 Å². The summed E-state index contributed by atoms with van der Waals surface area (Å²) in [5, 5.41) is 6.01. The van der Waals surface area contributed by atoms with Crippen LogP contribution in [0, 0.1) is 5.41 Å². The summed E-state index contributed by atoms with van der Waals surface area (Å²) in [6.07, 6.45) is 6.13. The van der Waals surface area contributed by atoms with E-state index in [4.69, 9.17) is 22.6 Å². The Bertz CT molecular complexity index is 989. The Morgan fingerprint density at radius 3 is 2.39 bits per heavy atom. The van der Waals surface area contributed by atoms with Crippen molar-refractivity contribution in [1.29, 1.82) is 0 Å². The quantitative estimate of drug-likeness (QED) is 0.472. The van der Waals surface area contributed by atoms with Gasteiger partial charge in [-0.1, -0.05) is 41.9 Å². The number of allylic oxidation sites excluding steroid dienone is 4. The lowest BCUT2D eigenvalue weighted by molar-refractivity contribution is 0.359. The topological polar surface area (TPSA) is 111 Å². The van der Waals surface area contributed by atoms with E-state index in [0.717, 1.165) is 16.8 Å². The van der Waals surface area contributed by atoms with E-state index in [9.17, 15) is 8.42 Å². The standard InChI is InChI=1S/C20H23ClN4O2S/c21-19-9-8-18(28(23,26)27)13-20(19,12-17-3-1-2-10-24-17)11-15-4-6-16(7-5-15)14-25-22/h1-10,25H,11-14,22H2,(H2,23,26,27). The number of halogens is 1. The first kappa shape index (κ1) is 20.7. The molecule has 1 atom stereocenters. The summed E-state index contributed by atoms with van der Waals surface area (Å²) < 4.78 is 24.0. The molecule has 1 aromatic carbocycles. The molecule has 1 aliphatic rings. The number of hydrogen-bond acceptors (Lipinski definition) is 5. The lowest BCUT2D eigenvalue weighted by Crippen LogP contribution is -2.33. The number of nitrogens with two attached hydrogens (primary N) is 2. The second kappa shape index (κ2) is 8.55. The Kier molecular flexibility index (Phi) is 6.32. The molecule has 0 radical (unpaired) electrons. The van der Waals surface area contributed by atoms with Gasteiger partial charge >= 0.3 is 0 Å². The molecule has 0 bridgehead atoms. The molecular weight excluding hydrogens is 396 g/mol. The summed E-state index contributed by atoms with van der Waals surface area (Å²) in [7, 11) is -3.80. The van der Waals surface area contributed by atoms with Gasteiger partial charge in [-0.05, 0) is 48.3 Å². The van der Waals surface area contributed by atoms with E-state index >= 15 is 0 Å². The van der Waals surface area contributed by atoms with E-state index in [0.29, 0.717) is 24.4 Å². The summed E-state index contributed by atoms with van der Waals surface area (Å²) in [6.45, 7) is 0.568. The minimum Gasteiger partial charge on any atom is -0.271 e. The van der Waals surface area contributed by atoms with Crippen molar-refractivity contribution in [2.75, 3.05) is 0 Å². The van der Waals surface area contributed by atoms with Gasteiger partial charge in [0.25, 0.3) is 0 Å². The minimum atomic E-state index is -3.80. The number of nitrogens with zero attached hydrogens (tertiary/aromatic N) is 1. The zero-order valence-electron chi connectivity index (χ0n) is 15.3. The van der Waals surface area contributed by atoms with E-state index in [1.807, 2.05) is 42.5 Å². The number of benzene rings is 1. The summed E-state index contributed by atoms with van der Waals surface area (Å²) in [5.41, 5.74) is 4.93. The number of pyridine rings is 1. The molecule has 5 N–H and O–H groups in total. The van der Waals surface area contributed by atoms with Gasteiger partial charge in [0, 0.05) is 35.3 Å². The van der Waals surface area contributed by atoms with Crippen LogP contribution >= 0.6 is 11.6 Å². The highest BCUT2D eigenvalue weighted by atomic mass is 35.5. The van der Waals surface area contributed by atoms with Gasteiger partial charge in [0.1, 0.15) is 0 Å². The van der Waals surface area contributed by atoms with Crippen molar-refractivity contribution in [2.24, 2.45) is 16.4 Å². The van der Waals surface area contributed by atoms with Crippen LogP contribution in [0.1, 0.15) is 23.2 Å². The van der Waals surface area contributed by atoms with Crippen LogP contribution in [0.4, 0.5) is 0 Å². The highest BCUT2D eigenvalue weighted by molar-refractivity contribution is 7.93. The van der Waals surface area contributed by atoms with Gasteiger partial charge in [-0.2, -0.15) is 0 Å². The Hall–Kier alpha value is -2.03. The van der Waals surface area contributed by atoms with Crippen molar-refractivity contribution in [2.45, 2.75) is 25.8 Å². The van der Waals surface area contributed by atoms with Gasteiger partial charge in [-0.25, -0.2) is 13.6 Å². The second-order valence-corrected chi connectivity index (χ2v) is 9.04. The van der Waals surface area contributed by atoms with Crippen LogP contribution in [0.3, 0.4) is 0 Å². The van der Waals surface area contributed by atoms with Crippen LogP contribution in [0.2, 0.25) is 0 Å². The molecule has 0 spiro atoms. The third-order valence-corrected chi connectivity index (χ3v) is 6.46. The number of aromatic nitrogens is 1. The van der Waals surface area contributed by atoms with E-state index in [-0.39, 0.29) is 11.3 Å². The lowest BCUT2D eigenvalue weighted by Gasteiger charge is -2.36. The third kappa shape index (κ3) is 4.87. The Morgan fingerprint density at radius 1 is 1.07 bits per heavy atom. The summed E-state index contributed by atoms with van der Waals surface area (Å²) in [4.78, 5) is 4.59. The number of rotatable bonds is 7. The molecule has 8 heteroatoms. The molecule has 148 valence electrons. The van der Waals surface area contributed by atoms with E-state index < -0.39 is 15.4 Å². The first-order chi connectivity index (χ1) is 13.3. The van der Waals surface area contributed by atoms with Crippen molar-refractivity contribution in [3.8, 4) is 0 Å². The van der Waals surface area contributed by atoms with Crippen LogP contribution in [0.25, 0.3) is 0 Å². The molecule has 0 saturated carbocycles. The molecule has 0 saturated heterocycles. The van der Waals surface area contributed by atoms with E-state index in [1.54, 1.807) is 12.3 Å². The summed E-state index contributed by atoms with van der Waals surface area (Å²) >= 11 is 6.66. The SMILES string of the molecule is NNCc1ccc(CC2(Cc3ccccn3)CC(S(N)(=O)=O)=CC=C2Cl)cc1. The smallest absolute Gasteiger partial charge is 0.234 e. The predicted octanol–water partition coefficient (Wildman–Crippen LogP) is 2.52. The molecule has 28 heavy (non-hydrogen) atoms. The van der Waals surface area contributed by atoms with Crippen molar-refractivity contribution in [1.82, 2.24) is 10.4 Å². The Labute approximate surface area is 170 Å². The monoisotopic (exact) mass is 418 g/mol. The van der Waals surface area contributed by atoms with Gasteiger partial charge in [0.15, 0.2) is 0 Å². The van der Waals surface area contributed by atoms with E-state index in [2.05, 4.69) is 10.4 Å². The highest BCUT2D eigenvalue weighted by Gasteiger charge is 2.39. The van der Waals surface area contributed by atoms with Crippen molar-refractivity contribution < 1.29 is 8.42 Å². The summed E-state index contributed by atoms with van der Waals surface area (Å²) in [6, 6.07) is 13.6. The fourth-order valence-corrected chi connectivity index (χ4v) is 4.50. The molecule has 1 heterocycles. The highest BCUT2D eigenvalue weighted by Crippen LogP contribution is 2.46. The van der Waals surface area contributed by atoms with Crippen LogP contribution in [-0.4, -0.2) is 13.4 Å². The zero-order chi connectivity index (χ0) is 20.2. The van der Waals surface area contributed by atoms with Gasteiger partial charge in [0.2, 0.25) is 10.0 Å². The van der Waals surface area contributed by atoms with Gasteiger partial charge < -0.3 is 0 Å². The molecule has 1 aliphatic carbocycles. The molecule has 1 unspecified atom stereocenters. The predicted molar refractivity (Wildman–Crippen MR) is 111 cm³/mol. The zero-order valence-corrected chi connectivity index (χ0v) is 16.9. The van der Waals surface area contributed by atoms with Gasteiger partial charge in [0.05, 0.1) is 4.91 Å². The maximum Gasteiger partial charge on any atom is 0.234 e. The molecule has 1 aromatic heterocycles. The number of sulfonamides is 1. The summed E-state index contributed by atoms with van der Waals surface area (Å²) in [5.74, 6) is 5.37. The largest absolute Gasteiger partial charge is 0.271 e. The Balaban J connectivity index is 1.97. The maximum absolute atomic E-state index is 12.0. The van der Waals surface area contributed by atoms with Gasteiger partial charge in [-0.3, -0.25) is 16.3 Å². The second-order valence-electron chi connectivity index (χ2n) is 7.02. The van der Waals surface area contributed by atoms with Gasteiger partial charge in [-0.15, -0.1) is 0 Å². The molecule has 2 aromatic rings. The molecular formula is C20H23ClN4O2S. The van der Waals surface area contributed by atoms with Crippen LogP contribution in [-0.2, 0) is 29.4 Å². The molecule has 0 amide bonds. The fraction of sp³-hybridized carbons (Fsp3) is 0.250. The minimum absolute atomic E-state index is 0.178. The van der Waals surface area contributed by atoms with Crippen molar-refractivity contribution in [3.63, 3.8) is 0 Å². The number of primary sulfonamides is 1. The number of nitrogens with one attached hydrogen (secondary N) is 1. The average molecular weight is 419 g/mol. The maximum atomic E-state index is 12.0. The molecule has 0 aliphatic heterocycles. The number of hydrazine groups is 1. The lowest BCUT2D eigenvalue weighted by atomic mass is 9.72. The third-order valence-electron chi connectivity index (χ3n) is 4.92. The first-order valence-electron chi connectivity index (χ1n) is 8.83. The van der Waals surface area contributed by atoms with Crippen LogP contribution < -0.4 is 16.4 Å². The van der Waals surface area contributed by atoms with Crippen molar-refractivity contribution in [3.05, 3.63) is 87.6 Å². The van der Waals surface area contributed by atoms with Crippen molar-refractivity contribution >= 4 is 21.6 Å². The molecule has 3 rings (SSSR count). The van der Waals surface area contributed by atoms with Crippen LogP contribution in [0.5, 0.6) is 0 Å².